The first kappa shape index (κ1) is 12.4. The number of aromatic carboxylic acids is 1. The number of nitrogens with zero attached hydrogens (tertiary/aromatic N) is 2. The number of hydrogen-bond donors (Lipinski definition) is 1. The standard InChI is InChI=1S/C12H11ClN2O3/c1-7-5-11(15(2)14-7)18-10-4-3-8(12(16)17)6-9(10)13/h3-6H,1-2H3,(H,16,17). The van der Waals surface area contributed by atoms with Gasteiger partial charge in [0.1, 0.15) is 5.75 Å². The summed E-state index contributed by atoms with van der Waals surface area (Å²) >= 11 is 5.96. The van der Waals surface area contributed by atoms with E-state index >= 15 is 0 Å². The van der Waals surface area contributed by atoms with Crippen LogP contribution in [0.2, 0.25) is 5.02 Å². The summed E-state index contributed by atoms with van der Waals surface area (Å²) in [6.07, 6.45) is 0. The van der Waals surface area contributed by atoms with Crippen LogP contribution in [0.25, 0.3) is 0 Å². The highest BCUT2D eigenvalue weighted by atomic mass is 35.5. The average Bonchev–Trinajstić information content (AvgIpc) is 2.60. The SMILES string of the molecule is Cc1cc(Oc2ccc(C(=O)O)cc2Cl)n(C)n1. The van der Waals surface area contributed by atoms with Gasteiger partial charge in [0, 0.05) is 13.1 Å². The fourth-order valence-corrected chi connectivity index (χ4v) is 1.73. The largest absolute Gasteiger partial charge is 0.478 e. The molecule has 5 nitrogen and oxygen atoms in total. The number of aryl methyl sites for hydroxylation is 2. The lowest BCUT2D eigenvalue weighted by Gasteiger charge is -2.07. The third-order valence-electron chi connectivity index (χ3n) is 2.35. The molecule has 0 atom stereocenters. The van der Waals surface area contributed by atoms with Gasteiger partial charge < -0.3 is 9.84 Å². The highest BCUT2D eigenvalue weighted by Crippen LogP contribution is 2.30. The highest BCUT2D eigenvalue weighted by molar-refractivity contribution is 6.32. The molecule has 0 spiro atoms. The van der Waals surface area contributed by atoms with E-state index in [1.165, 1.54) is 18.2 Å². The Balaban J connectivity index is 2.30. The molecule has 0 unspecified atom stereocenters. The molecule has 18 heavy (non-hydrogen) atoms. The van der Waals surface area contributed by atoms with Crippen LogP contribution in [0.3, 0.4) is 0 Å². The molecule has 0 amide bonds. The summed E-state index contributed by atoms with van der Waals surface area (Å²) in [6, 6.07) is 6.07. The Bertz CT molecular complexity index is 607. The number of hydrogen-bond acceptors (Lipinski definition) is 3. The number of aromatic nitrogens is 2. The van der Waals surface area contributed by atoms with Gasteiger partial charge in [0.25, 0.3) is 0 Å². The van der Waals surface area contributed by atoms with Gasteiger partial charge in [0.15, 0.2) is 0 Å². The second kappa shape index (κ2) is 4.70. The molecule has 1 N–H and O–H groups in total. The molecule has 0 saturated carbocycles. The molecule has 0 radical (unpaired) electrons. The molecular weight excluding hydrogens is 256 g/mol. The number of ether oxygens (including phenoxy) is 1. The first-order valence-corrected chi connectivity index (χ1v) is 5.56. The van der Waals surface area contributed by atoms with Crippen LogP contribution in [-0.2, 0) is 7.05 Å². The van der Waals surface area contributed by atoms with Crippen molar-refractivity contribution in [2.45, 2.75) is 6.92 Å². The van der Waals surface area contributed by atoms with E-state index < -0.39 is 5.97 Å². The van der Waals surface area contributed by atoms with Crippen LogP contribution in [-0.4, -0.2) is 20.9 Å². The second-order valence-corrected chi connectivity index (χ2v) is 4.21. The Morgan fingerprint density at radius 1 is 1.44 bits per heavy atom. The van der Waals surface area contributed by atoms with Crippen LogP contribution in [0.5, 0.6) is 11.6 Å². The minimum absolute atomic E-state index is 0.119. The number of rotatable bonds is 3. The van der Waals surface area contributed by atoms with E-state index in [9.17, 15) is 4.79 Å². The van der Waals surface area contributed by atoms with E-state index in [1.807, 2.05) is 6.92 Å². The molecule has 0 saturated heterocycles. The van der Waals surface area contributed by atoms with Crippen molar-refractivity contribution >= 4 is 17.6 Å². The van der Waals surface area contributed by atoms with Crippen molar-refractivity contribution in [3.63, 3.8) is 0 Å². The average molecular weight is 267 g/mol. The van der Waals surface area contributed by atoms with Crippen molar-refractivity contribution < 1.29 is 14.6 Å². The minimum atomic E-state index is -1.03. The van der Waals surface area contributed by atoms with E-state index in [4.69, 9.17) is 21.4 Å². The summed E-state index contributed by atoms with van der Waals surface area (Å²) in [6.45, 7) is 1.85. The van der Waals surface area contributed by atoms with Gasteiger partial charge in [0.05, 0.1) is 16.3 Å². The summed E-state index contributed by atoms with van der Waals surface area (Å²) < 4.78 is 7.15. The van der Waals surface area contributed by atoms with Gasteiger partial charge in [-0.3, -0.25) is 0 Å². The number of benzene rings is 1. The van der Waals surface area contributed by atoms with Crippen LogP contribution in [0.4, 0.5) is 0 Å². The normalized spacial score (nSPS) is 10.4. The quantitative estimate of drug-likeness (QED) is 0.928. The predicted molar refractivity (Wildman–Crippen MR) is 66.4 cm³/mol. The van der Waals surface area contributed by atoms with Gasteiger partial charge in [-0.25, -0.2) is 9.48 Å². The number of carboxylic acid groups (broad SMARTS) is 1. The maximum Gasteiger partial charge on any atom is 0.335 e. The van der Waals surface area contributed by atoms with E-state index in [0.29, 0.717) is 11.6 Å². The summed E-state index contributed by atoms with van der Waals surface area (Å²) in [5.41, 5.74) is 0.944. The fraction of sp³-hybridized carbons (Fsp3) is 0.167. The molecule has 1 heterocycles. The van der Waals surface area contributed by atoms with Crippen LogP contribution in [0.15, 0.2) is 24.3 Å². The summed E-state index contributed by atoms with van der Waals surface area (Å²) in [4.78, 5) is 10.8. The molecule has 0 bridgehead atoms. The number of carbonyl (C=O) groups is 1. The Hall–Kier alpha value is -2.01. The third kappa shape index (κ3) is 2.46. The number of halogens is 1. The lowest BCUT2D eigenvalue weighted by molar-refractivity contribution is 0.0697. The maximum atomic E-state index is 10.8. The van der Waals surface area contributed by atoms with Gasteiger partial charge in [-0.1, -0.05) is 11.6 Å². The second-order valence-electron chi connectivity index (χ2n) is 3.80. The van der Waals surface area contributed by atoms with Crippen molar-refractivity contribution in [3.05, 3.63) is 40.5 Å². The van der Waals surface area contributed by atoms with Crippen molar-refractivity contribution in [2.24, 2.45) is 7.05 Å². The van der Waals surface area contributed by atoms with E-state index in [0.717, 1.165) is 5.69 Å². The van der Waals surface area contributed by atoms with Crippen molar-refractivity contribution in [3.8, 4) is 11.6 Å². The van der Waals surface area contributed by atoms with Crippen molar-refractivity contribution in [1.29, 1.82) is 0 Å². The van der Waals surface area contributed by atoms with Gasteiger partial charge in [-0.2, -0.15) is 5.10 Å². The van der Waals surface area contributed by atoms with Crippen molar-refractivity contribution in [1.82, 2.24) is 9.78 Å². The van der Waals surface area contributed by atoms with Crippen LogP contribution in [0.1, 0.15) is 16.1 Å². The molecule has 0 aliphatic carbocycles. The maximum absolute atomic E-state index is 10.8. The minimum Gasteiger partial charge on any atom is -0.478 e. The third-order valence-corrected chi connectivity index (χ3v) is 2.65. The lowest BCUT2D eigenvalue weighted by atomic mass is 10.2. The Labute approximate surface area is 109 Å². The monoisotopic (exact) mass is 266 g/mol. The molecule has 0 fully saturated rings. The first-order chi connectivity index (χ1) is 8.47. The van der Waals surface area contributed by atoms with Gasteiger partial charge in [-0.05, 0) is 25.1 Å². The summed E-state index contributed by atoms with van der Waals surface area (Å²) in [5.74, 6) is -0.0954. The van der Waals surface area contributed by atoms with Crippen molar-refractivity contribution in [2.75, 3.05) is 0 Å². The van der Waals surface area contributed by atoms with E-state index in [2.05, 4.69) is 5.10 Å². The van der Waals surface area contributed by atoms with Gasteiger partial charge in [0.2, 0.25) is 5.88 Å². The Kier molecular flexibility index (Phi) is 3.25. The summed E-state index contributed by atoms with van der Waals surface area (Å²) in [5, 5.41) is 13.2. The zero-order valence-corrected chi connectivity index (χ0v) is 10.6. The van der Waals surface area contributed by atoms with Crippen LogP contribution < -0.4 is 4.74 Å². The molecule has 2 aromatic rings. The van der Waals surface area contributed by atoms with Crippen LogP contribution >= 0.6 is 11.6 Å². The molecule has 0 aliphatic rings. The molecule has 94 valence electrons. The molecule has 1 aromatic carbocycles. The van der Waals surface area contributed by atoms with E-state index in [1.54, 1.807) is 17.8 Å². The topological polar surface area (TPSA) is 64.3 Å². The van der Waals surface area contributed by atoms with E-state index in [-0.39, 0.29) is 10.6 Å². The van der Waals surface area contributed by atoms with Crippen LogP contribution in [0, 0.1) is 6.92 Å². The zero-order chi connectivity index (χ0) is 13.3. The number of carboxylic acids is 1. The molecule has 2 rings (SSSR count). The first-order valence-electron chi connectivity index (χ1n) is 5.18. The Morgan fingerprint density at radius 3 is 2.67 bits per heavy atom. The van der Waals surface area contributed by atoms with Gasteiger partial charge >= 0.3 is 5.97 Å². The predicted octanol–water partition coefficient (Wildman–Crippen LogP) is 2.87. The smallest absolute Gasteiger partial charge is 0.335 e. The lowest BCUT2D eigenvalue weighted by Crippen LogP contribution is -1.98. The molecule has 0 aliphatic heterocycles. The fourth-order valence-electron chi connectivity index (χ4n) is 1.51. The molecule has 6 heteroatoms. The molecule has 1 aromatic heterocycles. The summed E-state index contributed by atoms with van der Waals surface area (Å²) in [7, 11) is 1.75. The van der Waals surface area contributed by atoms with Gasteiger partial charge in [-0.15, -0.1) is 0 Å². The highest BCUT2D eigenvalue weighted by Gasteiger charge is 2.10. The Morgan fingerprint density at radius 2 is 2.17 bits per heavy atom. The zero-order valence-electron chi connectivity index (χ0n) is 9.85. The molecular formula is C12H11ClN2O3.